The maximum atomic E-state index is 12.4. The average Bonchev–Trinajstić information content (AvgIpc) is 3.25. The van der Waals surface area contributed by atoms with Gasteiger partial charge in [-0.15, -0.1) is 11.3 Å². The molecule has 4 rings (SSSR count). The number of nitrogens with one attached hydrogen (secondary N) is 2. The Morgan fingerprint density at radius 1 is 1.19 bits per heavy atom. The number of carbonyl (C=O) groups is 1. The highest BCUT2D eigenvalue weighted by Crippen LogP contribution is 2.24. The normalized spacial score (nSPS) is 10.8. The highest BCUT2D eigenvalue weighted by atomic mass is 32.1. The van der Waals surface area contributed by atoms with Crippen molar-refractivity contribution in [1.29, 1.82) is 0 Å². The summed E-state index contributed by atoms with van der Waals surface area (Å²) in [6, 6.07) is 7.17. The Bertz CT molecular complexity index is 1090. The largest absolute Gasteiger partial charge is 0.338 e. The molecular weight excluding hydrogens is 350 g/mol. The van der Waals surface area contributed by atoms with Crippen molar-refractivity contribution in [3.63, 3.8) is 0 Å². The molecule has 4 aromatic rings. The first kappa shape index (κ1) is 16.2. The number of hydrogen-bond acceptors (Lipinski definition) is 7. The molecule has 3 aromatic heterocycles. The first-order valence-electron chi connectivity index (χ1n) is 7.84. The average molecular weight is 365 g/mol. The SMILES string of the molecule is Cc1c2ncnc(Nc3cccc(C(=O)Nc4nccs4)c3)c2nn1C. The molecule has 1 aromatic carbocycles. The fraction of sp³-hybridized carbons (Fsp3) is 0.118. The van der Waals surface area contributed by atoms with Crippen LogP contribution in [0.25, 0.3) is 11.0 Å². The first-order valence-corrected chi connectivity index (χ1v) is 8.72. The van der Waals surface area contributed by atoms with Crippen LogP contribution >= 0.6 is 11.3 Å². The van der Waals surface area contributed by atoms with Gasteiger partial charge in [-0.25, -0.2) is 15.0 Å². The number of amides is 1. The fourth-order valence-corrected chi connectivity index (χ4v) is 3.06. The Balaban J connectivity index is 1.61. The van der Waals surface area contributed by atoms with Crippen molar-refractivity contribution < 1.29 is 4.79 Å². The number of thiazole rings is 1. The Hall–Kier alpha value is -3.33. The molecule has 0 aliphatic rings. The van der Waals surface area contributed by atoms with Crippen LogP contribution < -0.4 is 10.6 Å². The molecule has 0 aliphatic carbocycles. The number of hydrogen-bond donors (Lipinski definition) is 2. The summed E-state index contributed by atoms with van der Waals surface area (Å²) in [5.41, 5.74) is 3.70. The van der Waals surface area contributed by atoms with Gasteiger partial charge >= 0.3 is 0 Å². The van der Waals surface area contributed by atoms with Gasteiger partial charge in [-0.3, -0.25) is 14.8 Å². The zero-order valence-corrected chi connectivity index (χ0v) is 14.9. The molecule has 0 fully saturated rings. The monoisotopic (exact) mass is 365 g/mol. The topological polar surface area (TPSA) is 97.6 Å². The highest BCUT2D eigenvalue weighted by molar-refractivity contribution is 7.13. The number of anilines is 3. The van der Waals surface area contributed by atoms with Crippen molar-refractivity contribution in [3.05, 3.63) is 53.4 Å². The maximum absolute atomic E-state index is 12.4. The summed E-state index contributed by atoms with van der Waals surface area (Å²) in [5.74, 6) is 0.376. The van der Waals surface area contributed by atoms with Gasteiger partial charge in [0.1, 0.15) is 11.8 Å². The Kier molecular flexibility index (Phi) is 4.05. The van der Waals surface area contributed by atoms with Crippen LogP contribution in [0.4, 0.5) is 16.6 Å². The first-order chi connectivity index (χ1) is 12.6. The Morgan fingerprint density at radius 2 is 2.08 bits per heavy atom. The van der Waals surface area contributed by atoms with Gasteiger partial charge in [0.05, 0.1) is 5.69 Å². The number of aryl methyl sites for hydroxylation is 2. The predicted molar refractivity (Wildman–Crippen MR) is 101 cm³/mol. The van der Waals surface area contributed by atoms with Gasteiger partial charge < -0.3 is 5.32 Å². The summed E-state index contributed by atoms with van der Waals surface area (Å²) in [7, 11) is 1.87. The van der Waals surface area contributed by atoms with Crippen LogP contribution in [-0.2, 0) is 7.05 Å². The van der Waals surface area contributed by atoms with E-state index in [2.05, 4.69) is 30.7 Å². The minimum absolute atomic E-state index is 0.217. The number of rotatable bonds is 4. The van der Waals surface area contributed by atoms with Crippen LogP contribution in [-0.4, -0.2) is 30.6 Å². The smallest absolute Gasteiger partial charge is 0.257 e. The van der Waals surface area contributed by atoms with Crippen molar-refractivity contribution in [2.45, 2.75) is 6.92 Å². The molecule has 26 heavy (non-hydrogen) atoms. The van der Waals surface area contributed by atoms with E-state index in [-0.39, 0.29) is 5.91 Å². The summed E-state index contributed by atoms with van der Waals surface area (Å²) >= 11 is 1.37. The van der Waals surface area contributed by atoms with Crippen LogP contribution in [0.5, 0.6) is 0 Å². The van der Waals surface area contributed by atoms with Gasteiger partial charge in [0.25, 0.3) is 5.91 Å². The Morgan fingerprint density at radius 3 is 2.88 bits per heavy atom. The van der Waals surface area contributed by atoms with E-state index in [1.807, 2.05) is 25.4 Å². The van der Waals surface area contributed by atoms with Gasteiger partial charge in [0.15, 0.2) is 16.5 Å². The molecule has 0 spiro atoms. The minimum Gasteiger partial charge on any atom is -0.338 e. The second kappa shape index (κ2) is 6.52. The number of aromatic nitrogens is 5. The van der Waals surface area contributed by atoms with Gasteiger partial charge in [-0.1, -0.05) is 6.07 Å². The number of benzene rings is 1. The molecule has 9 heteroatoms. The quantitative estimate of drug-likeness (QED) is 0.577. The van der Waals surface area contributed by atoms with Gasteiger partial charge in [0.2, 0.25) is 0 Å². The standard InChI is InChI=1S/C17H15N7OS/c1-10-13-14(23-24(10)2)15(20-9-19-13)21-12-5-3-4-11(8-12)16(25)22-17-18-6-7-26-17/h3-9H,1-2H3,(H,18,22,25)(H,19,20,21). The zero-order chi connectivity index (χ0) is 18.1. The molecule has 0 saturated heterocycles. The highest BCUT2D eigenvalue weighted by Gasteiger charge is 2.13. The lowest BCUT2D eigenvalue weighted by atomic mass is 10.2. The molecule has 0 bridgehead atoms. The molecular formula is C17H15N7OS. The number of carbonyl (C=O) groups excluding carboxylic acids is 1. The van der Waals surface area contributed by atoms with Gasteiger partial charge in [0, 0.05) is 29.9 Å². The molecule has 0 unspecified atom stereocenters. The van der Waals surface area contributed by atoms with E-state index >= 15 is 0 Å². The van der Waals surface area contributed by atoms with Crippen LogP contribution in [0.2, 0.25) is 0 Å². The van der Waals surface area contributed by atoms with Crippen molar-refractivity contribution >= 4 is 44.9 Å². The van der Waals surface area contributed by atoms with Crippen molar-refractivity contribution in [3.8, 4) is 0 Å². The maximum Gasteiger partial charge on any atom is 0.257 e. The third kappa shape index (κ3) is 3.00. The lowest BCUT2D eigenvalue weighted by molar-refractivity contribution is 0.102. The van der Waals surface area contributed by atoms with Gasteiger partial charge in [-0.2, -0.15) is 5.10 Å². The van der Waals surface area contributed by atoms with Crippen molar-refractivity contribution in [1.82, 2.24) is 24.7 Å². The summed E-state index contributed by atoms with van der Waals surface area (Å²) in [5, 5.41) is 12.8. The van der Waals surface area contributed by atoms with E-state index in [1.165, 1.54) is 17.7 Å². The molecule has 3 heterocycles. The molecule has 8 nitrogen and oxygen atoms in total. The van der Waals surface area contributed by atoms with Crippen LogP contribution in [0.3, 0.4) is 0 Å². The molecule has 0 atom stereocenters. The van der Waals surface area contributed by atoms with Crippen LogP contribution in [0, 0.1) is 6.92 Å². The third-order valence-electron chi connectivity index (χ3n) is 3.94. The third-order valence-corrected chi connectivity index (χ3v) is 4.63. The van der Waals surface area contributed by atoms with E-state index < -0.39 is 0 Å². The molecule has 2 N–H and O–H groups in total. The summed E-state index contributed by atoms with van der Waals surface area (Å²) in [6.07, 6.45) is 3.14. The predicted octanol–water partition coefficient (Wildman–Crippen LogP) is 3.12. The second-order valence-corrected chi connectivity index (χ2v) is 6.52. The Labute approximate surface area is 152 Å². The molecule has 0 radical (unpaired) electrons. The zero-order valence-electron chi connectivity index (χ0n) is 14.1. The summed E-state index contributed by atoms with van der Waals surface area (Å²) in [6.45, 7) is 1.95. The van der Waals surface area contributed by atoms with E-state index in [0.29, 0.717) is 22.0 Å². The summed E-state index contributed by atoms with van der Waals surface area (Å²) in [4.78, 5) is 25.0. The van der Waals surface area contributed by atoms with Crippen LogP contribution in [0.1, 0.15) is 16.1 Å². The van der Waals surface area contributed by atoms with E-state index in [1.54, 1.807) is 29.1 Å². The van der Waals surface area contributed by atoms with Gasteiger partial charge in [-0.05, 0) is 25.1 Å². The molecule has 0 saturated carbocycles. The molecule has 130 valence electrons. The lowest BCUT2D eigenvalue weighted by Crippen LogP contribution is -2.11. The van der Waals surface area contributed by atoms with E-state index in [0.717, 1.165) is 16.9 Å². The van der Waals surface area contributed by atoms with Crippen molar-refractivity contribution in [2.75, 3.05) is 10.6 Å². The number of nitrogens with zero attached hydrogens (tertiary/aromatic N) is 5. The fourth-order valence-electron chi connectivity index (χ4n) is 2.54. The molecule has 0 aliphatic heterocycles. The minimum atomic E-state index is -0.217. The lowest BCUT2D eigenvalue weighted by Gasteiger charge is -2.08. The van der Waals surface area contributed by atoms with E-state index in [9.17, 15) is 4.79 Å². The summed E-state index contributed by atoms with van der Waals surface area (Å²) < 4.78 is 1.77. The molecule has 1 amide bonds. The van der Waals surface area contributed by atoms with E-state index in [4.69, 9.17) is 0 Å². The van der Waals surface area contributed by atoms with Crippen molar-refractivity contribution in [2.24, 2.45) is 7.05 Å². The number of fused-ring (bicyclic) bond motifs is 1. The van der Waals surface area contributed by atoms with Crippen LogP contribution in [0.15, 0.2) is 42.2 Å². The second-order valence-electron chi connectivity index (χ2n) is 5.63.